The fourth-order valence-corrected chi connectivity index (χ4v) is 2.02. The first kappa shape index (κ1) is 13.3. The van der Waals surface area contributed by atoms with E-state index in [1.165, 1.54) is 12.5 Å². The first-order valence-electron chi connectivity index (χ1n) is 6.42. The zero-order valence-corrected chi connectivity index (χ0v) is 10.8. The Bertz CT molecular complexity index is 270. The summed E-state index contributed by atoms with van der Waals surface area (Å²) in [5.74, 6) is 0.521. The van der Waals surface area contributed by atoms with Gasteiger partial charge in [0.1, 0.15) is 5.76 Å². The fourth-order valence-electron chi connectivity index (χ4n) is 2.02. The average Bonchev–Trinajstić information content (AvgIpc) is 2.30. The molecule has 0 spiro atoms. The third-order valence-electron chi connectivity index (χ3n) is 3.86. The molecule has 1 aliphatic rings. The van der Waals surface area contributed by atoms with Crippen molar-refractivity contribution in [1.29, 1.82) is 0 Å². The second-order valence-electron chi connectivity index (χ2n) is 5.50. The van der Waals surface area contributed by atoms with E-state index >= 15 is 0 Å². The minimum atomic E-state index is -0.273. The predicted molar refractivity (Wildman–Crippen MR) is 66.4 cm³/mol. The van der Waals surface area contributed by atoms with E-state index in [1.807, 2.05) is 20.8 Å². The number of carbonyl (C=O) groups is 1. The maximum atomic E-state index is 11.9. The molecule has 0 bridgehead atoms. The molecular formula is C14H24O2. The van der Waals surface area contributed by atoms with Crippen molar-refractivity contribution in [3.05, 3.63) is 11.8 Å². The van der Waals surface area contributed by atoms with Gasteiger partial charge in [0.15, 0.2) is 5.78 Å². The maximum Gasteiger partial charge on any atom is 0.162 e. The van der Waals surface area contributed by atoms with Gasteiger partial charge in [0.2, 0.25) is 0 Å². The van der Waals surface area contributed by atoms with Crippen LogP contribution >= 0.6 is 0 Å². The molecule has 92 valence electrons. The maximum absolute atomic E-state index is 11.9. The minimum absolute atomic E-state index is 0.124. The molecule has 1 saturated carbocycles. The number of aliphatic hydroxyl groups excluding tert-OH is 1. The van der Waals surface area contributed by atoms with Crippen LogP contribution in [0.3, 0.4) is 0 Å². The van der Waals surface area contributed by atoms with Gasteiger partial charge in [0, 0.05) is 17.4 Å². The van der Waals surface area contributed by atoms with Gasteiger partial charge >= 0.3 is 0 Å². The molecule has 0 radical (unpaired) electrons. The highest BCUT2D eigenvalue weighted by Crippen LogP contribution is 2.30. The van der Waals surface area contributed by atoms with E-state index in [2.05, 4.69) is 0 Å². The fraction of sp³-hybridized carbons (Fsp3) is 0.786. The Morgan fingerprint density at radius 3 is 2.38 bits per heavy atom. The second kappa shape index (κ2) is 5.51. The molecule has 1 N–H and O–H groups in total. The lowest BCUT2D eigenvalue weighted by Crippen LogP contribution is -2.19. The summed E-state index contributed by atoms with van der Waals surface area (Å²) in [6.07, 6.45) is 7.86. The van der Waals surface area contributed by atoms with Gasteiger partial charge in [0.05, 0.1) is 0 Å². The van der Waals surface area contributed by atoms with Crippen molar-refractivity contribution in [2.24, 2.45) is 11.3 Å². The van der Waals surface area contributed by atoms with Crippen LogP contribution < -0.4 is 0 Å². The number of rotatable bonds is 4. The molecule has 2 nitrogen and oxygen atoms in total. The molecule has 1 fully saturated rings. The van der Waals surface area contributed by atoms with E-state index in [-0.39, 0.29) is 22.9 Å². The van der Waals surface area contributed by atoms with E-state index in [0.717, 1.165) is 32.1 Å². The molecule has 16 heavy (non-hydrogen) atoms. The van der Waals surface area contributed by atoms with E-state index in [4.69, 9.17) is 0 Å². The topological polar surface area (TPSA) is 37.3 Å². The summed E-state index contributed by atoms with van der Waals surface area (Å²) in [4.78, 5) is 11.9. The van der Waals surface area contributed by atoms with Crippen molar-refractivity contribution in [1.82, 2.24) is 0 Å². The SMILES string of the molecule is CCC(C)(C)C(O)=CC(=O)C1CCCCC1. The van der Waals surface area contributed by atoms with Gasteiger partial charge in [-0.25, -0.2) is 0 Å². The van der Waals surface area contributed by atoms with Crippen LogP contribution in [0.5, 0.6) is 0 Å². The van der Waals surface area contributed by atoms with E-state index < -0.39 is 0 Å². The largest absolute Gasteiger partial charge is 0.512 e. The molecule has 0 aliphatic heterocycles. The Hall–Kier alpha value is -0.790. The zero-order valence-electron chi connectivity index (χ0n) is 10.8. The van der Waals surface area contributed by atoms with E-state index in [1.54, 1.807) is 0 Å². The third-order valence-corrected chi connectivity index (χ3v) is 3.86. The molecule has 0 heterocycles. The Kier molecular flexibility index (Phi) is 4.57. The van der Waals surface area contributed by atoms with Crippen molar-refractivity contribution in [3.8, 4) is 0 Å². The number of carbonyl (C=O) groups excluding carboxylic acids is 1. The molecule has 1 aliphatic carbocycles. The normalized spacial score (nSPS) is 19.8. The quantitative estimate of drug-likeness (QED) is 0.578. The van der Waals surface area contributed by atoms with Gasteiger partial charge in [0.25, 0.3) is 0 Å². The zero-order chi connectivity index (χ0) is 12.2. The van der Waals surface area contributed by atoms with Crippen LogP contribution in [0, 0.1) is 11.3 Å². The Morgan fingerprint density at radius 1 is 1.31 bits per heavy atom. The monoisotopic (exact) mass is 224 g/mol. The molecule has 0 atom stereocenters. The molecule has 0 saturated heterocycles. The summed E-state index contributed by atoms with van der Waals surface area (Å²) >= 11 is 0. The number of hydrogen-bond donors (Lipinski definition) is 1. The summed E-state index contributed by atoms with van der Waals surface area (Å²) in [6.45, 7) is 5.95. The molecule has 0 amide bonds. The van der Waals surface area contributed by atoms with Crippen LogP contribution in [0.1, 0.15) is 59.3 Å². The van der Waals surface area contributed by atoms with Crippen LogP contribution in [0.4, 0.5) is 0 Å². The number of ketones is 1. The summed E-state index contributed by atoms with van der Waals surface area (Å²) in [5, 5.41) is 9.92. The standard InChI is InChI=1S/C14H24O2/c1-4-14(2,3)13(16)10-12(15)11-8-6-5-7-9-11/h10-11,16H,4-9H2,1-3H3. The summed E-state index contributed by atoms with van der Waals surface area (Å²) in [6, 6.07) is 0. The van der Waals surface area contributed by atoms with E-state index in [0.29, 0.717) is 0 Å². The highest BCUT2D eigenvalue weighted by molar-refractivity contribution is 5.92. The smallest absolute Gasteiger partial charge is 0.162 e. The minimum Gasteiger partial charge on any atom is -0.512 e. The van der Waals surface area contributed by atoms with Crippen molar-refractivity contribution >= 4 is 5.78 Å². The molecular weight excluding hydrogens is 200 g/mol. The van der Waals surface area contributed by atoms with Crippen LogP contribution in [0.15, 0.2) is 11.8 Å². The van der Waals surface area contributed by atoms with Crippen LogP contribution in [0.2, 0.25) is 0 Å². The Labute approximate surface area is 98.7 Å². The summed E-state index contributed by atoms with van der Waals surface area (Å²) in [5.41, 5.74) is -0.273. The lowest BCUT2D eigenvalue weighted by atomic mass is 9.83. The van der Waals surface area contributed by atoms with Crippen molar-refractivity contribution < 1.29 is 9.90 Å². The van der Waals surface area contributed by atoms with Gasteiger partial charge in [-0.05, 0) is 19.3 Å². The van der Waals surface area contributed by atoms with Gasteiger partial charge in [-0.15, -0.1) is 0 Å². The van der Waals surface area contributed by atoms with Gasteiger partial charge in [-0.2, -0.15) is 0 Å². The predicted octanol–water partition coefficient (Wildman–Crippen LogP) is 4.01. The van der Waals surface area contributed by atoms with Gasteiger partial charge in [-0.1, -0.05) is 40.0 Å². The molecule has 0 unspecified atom stereocenters. The van der Waals surface area contributed by atoms with Crippen molar-refractivity contribution in [2.75, 3.05) is 0 Å². The number of hydrogen-bond acceptors (Lipinski definition) is 2. The number of allylic oxidation sites excluding steroid dienone is 2. The second-order valence-corrected chi connectivity index (χ2v) is 5.50. The average molecular weight is 224 g/mol. The van der Waals surface area contributed by atoms with Crippen LogP contribution in [0.25, 0.3) is 0 Å². The lowest BCUT2D eigenvalue weighted by molar-refractivity contribution is -0.119. The van der Waals surface area contributed by atoms with Gasteiger partial charge < -0.3 is 5.11 Å². The molecule has 0 aromatic heterocycles. The molecule has 1 rings (SSSR count). The van der Waals surface area contributed by atoms with Crippen molar-refractivity contribution in [3.63, 3.8) is 0 Å². The van der Waals surface area contributed by atoms with Crippen LogP contribution in [-0.2, 0) is 4.79 Å². The van der Waals surface area contributed by atoms with Crippen LogP contribution in [-0.4, -0.2) is 10.9 Å². The molecule has 0 aromatic rings. The first-order valence-corrected chi connectivity index (χ1v) is 6.42. The Morgan fingerprint density at radius 2 is 1.88 bits per heavy atom. The highest BCUT2D eigenvalue weighted by atomic mass is 16.3. The number of aliphatic hydroxyl groups is 1. The van der Waals surface area contributed by atoms with Crippen molar-refractivity contribution in [2.45, 2.75) is 59.3 Å². The summed E-state index contributed by atoms with van der Waals surface area (Å²) in [7, 11) is 0. The first-order chi connectivity index (χ1) is 7.47. The van der Waals surface area contributed by atoms with Gasteiger partial charge in [-0.3, -0.25) is 4.79 Å². The Balaban J connectivity index is 2.64. The lowest BCUT2D eigenvalue weighted by Gasteiger charge is -2.23. The van der Waals surface area contributed by atoms with E-state index in [9.17, 15) is 9.90 Å². The molecule has 0 aromatic carbocycles. The summed E-state index contributed by atoms with van der Waals surface area (Å²) < 4.78 is 0. The highest BCUT2D eigenvalue weighted by Gasteiger charge is 2.24. The molecule has 2 heteroatoms. The third kappa shape index (κ3) is 3.36.